The van der Waals surface area contributed by atoms with E-state index in [1.807, 2.05) is 13.8 Å². The van der Waals surface area contributed by atoms with Crippen LogP contribution in [0, 0.1) is 0 Å². The van der Waals surface area contributed by atoms with Crippen molar-refractivity contribution in [3.05, 3.63) is 44.8 Å². The third-order valence-electron chi connectivity index (χ3n) is 6.47. The molecule has 10 nitrogen and oxygen atoms in total. The van der Waals surface area contributed by atoms with E-state index in [0.717, 1.165) is 31.5 Å². The Kier molecular flexibility index (Phi) is 7.53. The van der Waals surface area contributed by atoms with Gasteiger partial charge in [0, 0.05) is 51.0 Å². The van der Waals surface area contributed by atoms with Crippen LogP contribution in [0.1, 0.15) is 42.6 Å². The van der Waals surface area contributed by atoms with Gasteiger partial charge in [-0.1, -0.05) is 11.6 Å². The number of piperidine rings is 1. The lowest BCUT2D eigenvalue weighted by atomic mass is 9.97. The van der Waals surface area contributed by atoms with Crippen LogP contribution in [-0.2, 0) is 11.2 Å². The first-order valence-corrected chi connectivity index (χ1v) is 12.2. The number of nitrogens with one attached hydrogen (secondary N) is 3. The van der Waals surface area contributed by atoms with E-state index >= 15 is 0 Å². The molecule has 0 unspecified atom stereocenters. The fraction of sp³-hybridized carbons (Fsp3) is 0.542. The molecule has 0 radical (unpaired) electrons. The highest BCUT2D eigenvalue weighted by molar-refractivity contribution is 6.33. The Bertz CT molecular complexity index is 1140. The first-order chi connectivity index (χ1) is 16.7. The number of amides is 1. The number of H-pyrrole nitrogens is 1. The number of anilines is 2. The molecule has 2 atom stereocenters. The van der Waals surface area contributed by atoms with Crippen LogP contribution in [-0.4, -0.2) is 71.8 Å². The molecule has 190 valence electrons. The van der Waals surface area contributed by atoms with Gasteiger partial charge < -0.3 is 30.7 Å². The molecule has 1 amide bonds. The number of methoxy groups -OCH3 is 1. The summed E-state index contributed by atoms with van der Waals surface area (Å²) < 4.78 is 11.8. The number of nitrogen functional groups attached to an aromatic ring is 1. The van der Waals surface area contributed by atoms with Gasteiger partial charge in [-0.05, 0) is 39.3 Å². The number of benzene rings is 1. The average Bonchev–Trinajstić information content (AvgIpc) is 3.15. The quantitative estimate of drug-likeness (QED) is 0.317. The van der Waals surface area contributed by atoms with Crippen LogP contribution < -0.4 is 26.7 Å². The molecule has 1 fully saturated rings. The first-order valence-electron chi connectivity index (χ1n) is 11.8. The number of aromatic amines is 1. The standard InChI is InChI=1S/C24H33ClN6O4/c1-24(2)12-15-20(26)16(25)11-14(21(15)35-24)22(33)29-17-6-10-31(13-18(17)34-3)9-4-7-27-23-28-8-5-19(32)30-23/h5,8,11,17-18H,4,6-7,9-10,12-13,26H2,1-3H3,(H,29,33)(H2,27,28,30,32)/t17-,18+/m1/s1. The molecule has 1 aromatic carbocycles. The van der Waals surface area contributed by atoms with E-state index in [1.165, 1.54) is 12.3 Å². The van der Waals surface area contributed by atoms with Gasteiger partial charge in [-0.15, -0.1) is 0 Å². The molecule has 4 rings (SSSR count). The number of fused-ring (bicyclic) bond motifs is 1. The molecule has 1 saturated heterocycles. The van der Waals surface area contributed by atoms with E-state index in [1.54, 1.807) is 13.2 Å². The number of hydrogen-bond donors (Lipinski definition) is 4. The lowest BCUT2D eigenvalue weighted by Gasteiger charge is -2.38. The highest BCUT2D eigenvalue weighted by atomic mass is 35.5. The van der Waals surface area contributed by atoms with Gasteiger partial charge >= 0.3 is 0 Å². The molecule has 3 heterocycles. The fourth-order valence-corrected chi connectivity index (χ4v) is 4.92. The summed E-state index contributed by atoms with van der Waals surface area (Å²) in [6.45, 7) is 6.99. The summed E-state index contributed by atoms with van der Waals surface area (Å²) in [5.74, 6) is 0.743. The molecule has 0 saturated carbocycles. The molecule has 2 aliphatic rings. The number of nitrogens with zero attached hydrogens (tertiary/aromatic N) is 2. The number of nitrogens with two attached hydrogens (primary N) is 1. The Balaban J connectivity index is 1.33. The van der Waals surface area contributed by atoms with Crippen molar-refractivity contribution in [2.24, 2.45) is 0 Å². The fourth-order valence-electron chi connectivity index (χ4n) is 4.70. The van der Waals surface area contributed by atoms with Crippen LogP contribution in [0.25, 0.3) is 0 Å². The molecule has 11 heteroatoms. The number of rotatable bonds is 8. The number of likely N-dealkylation sites (tertiary alicyclic amines) is 1. The second-order valence-corrected chi connectivity index (χ2v) is 10.1. The Morgan fingerprint density at radius 3 is 3.00 bits per heavy atom. The largest absolute Gasteiger partial charge is 0.486 e. The normalized spacial score (nSPS) is 21.3. The third-order valence-corrected chi connectivity index (χ3v) is 6.79. The zero-order chi connectivity index (χ0) is 25.2. The minimum Gasteiger partial charge on any atom is -0.486 e. The maximum atomic E-state index is 13.3. The highest BCUT2D eigenvalue weighted by Crippen LogP contribution is 2.44. The van der Waals surface area contributed by atoms with Crippen molar-refractivity contribution < 1.29 is 14.3 Å². The van der Waals surface area contributed by atoms with E-state index < -0.39 is 5.60 Å². The summed E-state index contributed by atoms with van der Waals surface area (Å²) in [6.07, 6.45) is 3.54. The second-order valence-electron chi connectivity index (χ2n) is 9.67. The lowest BCUT2D eigenvalue weighted by molar-refractivity contribution is 0.00634. The molecular formula is C24H33ClN6O4. The van der Waals surface area contributed by atoms with E-state index in [2.05, 4.69) is 25.5 Å². The molecule has 35 heavy (non-hydrogen) atoms. The molecule has 2 aliphatic heterocycles. The maximum Gasteiger partial charge on any atom is 0.255 e. The molecule has 1 aromatic heterocycles. The minimum atomic E-state index is -0.447. The SMILES string of the molecule is CO[C@H]1CN(CCCNc2nccc(=O)[nH]2)CC[C@H]1NC(=O)c1cc(Cl)c(N)c2c1OC(C)(C)C2. The van der Waals surface area contributed by atoms with Gasteiger partial charge in [-0.2, -0.15) is 0 Å². The maximum absolute atomic E-state index is 13.3. The zero-order valence-corrected chi connectivity index (χ0v) is 21.1. The van der Waals surface area contributed by atoms with Crippen molar-refractivity contribution >= 4 is 29.1 Å². The van der Waals surface area contributed by atoms with Gasteiger partial charge in [0.05, 0.1) is 28.4 Å². The molecular weight excluding hydrogens is 472 g/mol. The molecule has 0 spiro atoms. The van der Waals surface area contributed by atoms with Crippen molar-refractivity contribution in [3.63, 3.8) is 0 Å². The smallest absolute Gasteiger partial charge is 0.255 e. The van der Waals surface area contributed by atoms with E-state index in [0.29, 0.717) is 47.5 Å². The van der Waals surface area contributed by atoms with Gasteiger partial charge in [0.15, 0.2) is 0 Å². The van der Waals surface area contributed by atoms with Crippen LogP contribution in [0.4, 0.5) is 11.6 Å². The summed E-state index contributed by atoms with van der Waals surface area (Å²) in [5, 5.41) is 6.61. The minimum absolute atomic E-state index is 0.137. The summed E-state index contributed by atoms with van der Waals surface area (Å²) in [7, 11) is 1.66. The van der Waals surface area contributed by atoms with E-state index in [4.69, 9.17) is 26.8 Å². The number of ether oxygens (including phenoxy) is 2. The van der Waals surface area contributed by atoms with Gasteiger partial charge in [0.25, 0.3) is 11.5 Å². The Hall–Kier alpha value is -2.82. The topological polar surface area (TPSA) is 135 Å². The summed E-state index contributed by atoms with van der Waals surface area (Å²) >= 11 is 6.34. The predicted octanol–water partition coefficient (Wildman–Crippen LogP) is 2.04. The Labute approximate surface area is 209 Å². The van der Waals surface area contributed by atoms with Gasteiger partial charge in [-0.25, -0.2) is 4.98 Å². The number of hydrogen-bond acceptors (Lipinski definition) is 8. The second kappa shape index (κ2) is 10.4. The summed E-state index contributed by atoms with van der Waals surface area (Å²) in [6, 6.07) is 2.83. The predicted molar refractivity (Wildman–Crippen MR) is 135 cm³/mol. The van der Waals surface area contributed by atoms with Crippen molar-refractivity contribution in [2.75, 3.05) is 44.3 Å². The molecule has 0 aliphatic carbocycles. The lowest BCUT2D eigenvalue weighted by Crippen LogP contribution is -2.55. The van der Waals surface area contributed by atoms with Crippen molar-refractivity contribution in [3.8, 4) is 5.75 Å². The Morgan fingerprint density at radius 2 is 2.26 bits per heavy atom. The Morgan fingerprint density at radius 1 is 1.46 bits per heavy atom. The average molecular weight is 505 g/mol. The third kappa shape index (κ3) is 5.88. The van der Waals surface area contributed by atoms with Crippen molar-refractivity contribution in [1.82, 2.24) is 20.2 Å². The van der Waals surface area contributed by atoms with Gasteiger partial charge in [0.2, 0.25) is 5.95 Å². The number of carbonyl (C=O) groups excluding carboxylic acids is 1. The van der Waals surface area contributed by atoms with Crippen LogP contribution in [0.2, 0.25) is 5.02 Å². The van der Waals surface area contributed by atoms with E-state index in [-0.39, 0.29) is 23.6 Å². The number of carbonyl (C=O) groups is 1. The first kappa shape index (κ1) is 25.3. The monoisotopic (exact) mass is 504 g/mol. The highest BCUT2D eigenvalue weighted by Gasteiger charge is 2.37. The van der Waals surface area contributed by atoms with Crippen LogP contribution in [0.15, 0.2) is 23.1 Å². The molecule has 2 aromatic rings. The summed E-state index contributed by atoms with van der Waals surface area (Å²) in [5.41, 5.74) is 7.19. The van der Waals surface area contributed by atoms with E-state index in [9.17, 15) is 9.59 Å². The van der Waals surface area contributed by atoms with Crippen molar-refractivity contribution in [1.29, 1.82) is 0 Å². The zero-order valence-electron chi connectivity index (χ0n) is 20.3. The number of aromatic nitrogens is 2. The van der Waals surface area contributed by atoms with Crippen LogP contribution in [0.3, 0.4) is 0 Å². The van der Waals surface area contributed by atoms with Gasteiger partial charge in [0.1, 0.15) is 11.4 Å². The van der Waals surface area contributed by atoms with Crippen molar-refractivity contribution in [2.45, 2.75) is 50.9 Å². The van der Waals surface area contributed by atoms with Crippen LogP contribution >= 0.6 is 11.6 Å². The molecule has 0 bridgehead atoms. The van der Waals surface area contributed by atoms with Gasteiger partial charge in [-0.3, -0.25) is 14.6 Å². The molecule has 5 N–H and O–H groups in total. The number of halogens is 1. The summed E-state index contributed by atoms with van der Waals surface area (Å²) in [4.78, 5) is 33.7. The van der Waals surface area contributed by atoms with Crippen LogP contribution in [0.5, 0.6) is 5.75 Å².